The standard InChI is InChI=1S/C10H13ClN4O2.ClH/c1-7-8-9(15(17)10(16)13(7)2)12-6-14(8)5-3-4-11;/h6H,3-5H2,1-2H3;1H. The van der Waals surface area contributed by atoms with Gasteiger partial charge in [-0.1, -0.05) is 4.98 Å². The number of nitrogens with zero attached hydrogens (tertiary/aromatic N) is 4. The van der Waals surface area contributed by atoms with Gasteiger partial charge in [0.05, 0.1) is 7.05 Å². The van der Waals surface area contributed by atoms with Crippen LogP contribution in [-0.2, 0) is 13.6 Å². The predicted molar refractivity (Wildman–Crippen MR) is 71.3 cm³/mol. The number of hydrogen-bond acceptors (Lipinski definition) is 3. The lowest BCUT2D eigenvalue weighted by Crippen LogP contribution is -2.51. The summed E-state index contributed by atoms with van der Waals surface area (Å²) in [7, 11) is 1.57. The molecule has 0 saturated carbocycles. The van der Waals surface area contributed by atoms with E-state index in [0.29, 0.717) is 22.7 Å². The van der Waals surface area contributed by atoms with E-state index in [0.717, 1.165) is 12.1 Å². The molecule has 6 nitrogen and oxygen atoms in total. The molecule has 0 aliphatic carbocycles. The van der Waals surface area contributed by atoms with E-state index in [1.807, 2.05) is 4.57 Å². The van der Waals surface area contributed by atoms with Crippen LogP contribution < -0.4 is 10.4 Å². The van der Waals surface area contributed by atoms with Gasteiger partial charge in [0.25, 0.3) is 5.65 Å². The molecular formula is C10H14Cl2N4O2. The summed E-state index contributed by atoms with van der Waals surface area (Å²) in [4.78, 5) is 15.6. The highest BCUT2D eigenvalue weighted by Gasteiger charge is 2.18. The molecule has 0 aliphatic heterocycles. The molecule has 0 bridgehead atoms. The van der Waals surface area contributed by atoms with Crippen molar-refractivity contribution in [3.8, 4) is 0 Å². The van der Waals surface area contributed by atoms with Gasteiger partial charge in [-0.15, -0.1) is 24.0 Å². The van der Waals surface area contributed by atoms with Crippen molar-refractivity contribution in [1.29, 1.82) is 0 Å². The van der Waals surface area contributed by atoms with Gasteiger partial charge >= 0.3 is 5.69 Å². The second kappa shape index (κ2) is 5.58. The number of halogens is 2. The zero-order valence-electron chi connectivity index (χ0n) is 10.1. The van der Waals surface area contributed by atoms with Crippen LogP contribution in [0.1, 0.15) is 12.1 Å². The molecule has 0 aromatic carbocycles. The normalized spacial score (nSPS) is 10.6. The Kier molecular flexibility index (Phi) is 4.59. The summed E-state index contributed by atoms with van der Waals surface area (Å²) in [6.07, 6.45) is 2.35. The van der Waals surface area contributed by atoms with Crippen molar-refractivity contribution >= 4 is 35.2 Å². The highest BCUT2D eigenvalue weighted by atomic mass is 35.5. The number of alkyl halides is 1. The number of aryl methyl sites for hydroxylation is 2. The summed E-state index contributed by atoms with van der Waals surface area (Å²) in [5, 5.41) is 11.7. The van der Waals surface area contributed by atoms with Gasteiger partial charge in [0.1, 0.15) is 5.69 Å². The van der Waals surface area contributed by atoms with Crippen LogP contribution in [-0.4, -0.2) is 20.0 Å². The molecule has 2 aromatic heterocycles. The molecule has 2 heterocycles. The van der Waals surface area contributed by atoms with Crippen LogP contribution in [0.3, 0.4) is 0 Å². The van der Waals surface area contributed by atoms with Crippen molar-refractivity contribution < 1.29 is 4.73 Å². The molecule has 18 heavy (non-hydrogen) atoms. The Bertz CT molecular complexity index is 620. The lowest BCUT2D eigenvalue weighted by molar-refractivity contribution is -0.600. The number of fused-ring (bicyclic) bond motifs is 1. The van der Waals surface area contributed by atoms with Crippen molar-refractivity contribution in [3.05, 3.63) is 27.7 Å². The lowest BCUT2D eigenvalue weighted by Gasteiger charge is -2.08. The third kappa shape index (κ3) is 2.18. The molecule has 0 N–H and O–H groups in total. The zero-order chi connectivity index (χ0) is 12.6. The van der Waals surface area contributed by atoms with Crippen molar-refractivity contribution in [3.63, 3.8) is 0 Å². The van der Waals surface area contributed by atoms with Gasteiger partial charge in [0.15, 0.2) is 11.8 Å². The molecule has 0 saturated heterocycles. The van der Waals surface area contributed by atoms with E-state index in [-0.39, 0.29) is 18.1 Å². The summed E-state index contributed by atoms with van der Waals surface area (Å²) in [6.45, 7) is 2.47. The van der Waals surface area contributed by atoms with E-state index in [9.17, 15) is 10.0 Å². The third-order valence-corrected chi connectivity index (χ3v) is 3.12. The van der Waals surface area contributed by atoms with E-state index in [1.54, 1.807) is 20.3 Å². The van der Waals surface area contributed by atoms with E-state index in [2.05, 4.69) is 4.98 Å². The van der Waals surface area contributed by atoms with Crippen LogP contribution in [0.25, 0.3) is 11.2 Å². The molecule has 0 unspecified atom stereocenters. The first-order valence-electron chi connectivity index (χ1n) is 5.28. The summed E-state index contributed by atoms with van der Waals surface area (Å²) >= 11 is 5.64. The lowest BCUT2D eigenvalue weighted by atomic mass is 10.3. The van der Waals surface area contributed by atoms with Crippen LogP contribution in [0.4, 0.5) is 0 Å². The second-order valence-corrected chi connectivity index (χ2v) is 4.25. The first-order valence-corrected chi connectivity index (χ1v) is 5.81. The van der Waals surface area contributed by atoms with Crippen LogP contribution in [0.15, 0.2) is 11.1 Å². The summed E-state index contributed by atoms with van der Waals surface area (Å²) in [6, 6.07) is 0. The first kappa shape index (κ1) is 14.8. The van der Waals surface area contributed by atoms with Gasteiger partial charge in [-0.2, -0.15) is 0 Å². The zero-order valence-corrected chi connectivity index (χ0v) is 11.7. The van der Waals surface area contributed by atoms with Gasteiger partial charge < -0.3 is 9.77 Å². The Morgan fingerprint density at radius 1 is 1.56 bits per heavy atom. The molecule has 2 rings (SSSR count). The molecule has 0 atom stereocenters. The first-order chi connectivity index (χ1) is 8.07. The van der Waals surface area contributed by atoms with Crippen LogP contribution >= 0.6 is 24.0 Å². The molecule has 8 heteroatoms. The molecule has 0 fully saturated rings. The Labute approximate surface area is 115 Å². The summed E-state index contributed by atoms with van der Waals surface area (Å²) < 4.78 is 3.49. The highest BCUT2D eigenvalue weighted by Crippen LogP contribution is 2.12. The van der Waals surface area contributed by atoms with Gasteiger partial charge in [0.2, 0.25) is 0 Å². The monoisotopic (exact) mass is 292 g/mol. The minimum atomic E-state index is -0.613. The molecule has 0 radical (unpaired) electrons. The predicted octanol–water partition coefficient (Wildman–Crippen LogP) is 0.728. The van der Waals surface area contributed by atoms with E-state index in [4.69, 9.17) is 11.6 Å². The number of rotatable bonds is 3. The van der Waals surface area contributed by atoms with Crippen molar-refractivity contribution in [2.24, 2.45) is 7.05 Å². The Morgan fingerprint density at radius 2 is 2.22 bits per heavy atom. The smallest absolute Gasteiger partial charge is 0.443 e. The maximum atomic E-state index is 11.7. The van der Waals surface area contributed by atoms with Crippen molar-refractivity contribution in [2.45, 2.75) is 19.9 Å². The minimum Gasteiger partial charge on any atom is -0.737 e. The molecule has 0 spiro atoms. The Hall–Kier alpha value is -1.27. The van der Waals surface area contributed by atoms with Crippen molar-refractivity contribution in [2.75, 3.05) is 5.88 Å². The topological polar surface area (TPSA) is 66.8 Å². The average molecular weight is 293 g/mol. The van der Waals surface area contributed by atoms with Gasteiger partial charge in [-0.3, -0.25) is 0 Å². The largest absolute Gasteiger partial charge is 0.737 e. The molecule has 0 amide bonds. The minimum absolute atomic E-state index is 0. The fourth-order valence-corrected chi connectivity index (χ4v) is 1.94. The van der Waals surface area contributed by atoms with Crippen LogP contribution in [0.5, 0.6) is 0 Å². The summed E-state index contributed by atoms with van der Waals surface area (Å²) in [5.41, 5.74) is 0.967. The number of imidazole rings is 1. The molecule has 0 aliphatic rings. The number of aromatic nitrogens is 4. The van der Waals surface area contributed by atoms with Gasteiger partial charge in [-0.25, -0.2) is 14.1 Å². The molecule has 2 aromatic rings. The van der Waals surface area contributed by atoms with Crippen molar-refractivity contribution in [1.82, 2.24) is 14.1 Å². The third-order valence-electron chi connectivity index (χ3n) is 2.85. The highest BCUT2D eigenvalue weighted by molar-refractivity contribution is 6.17. The van der Waals surface area contributed by atoms with Gasteiger partial charge in [-0.05, 0) is 13.3 Å². The molecular weight excluding hydrogens is 279 g/mol. The van der Waals surface area contributed by atoms with Crippen LogP contribution in [0.2, 0.25) is 0 Å². The van der Waals surface area contributed by atoms with E-state index >= 15 is 0 Å². The summed E-state index contributed by atoms with van der Waals surface area (Å²) in [5.74, 6) is 0.544. The van der Waals surface area contributed by atoms with Gasteiger partial charge in [0, 0.05) is 12.4 Å². The Balaban J connectivity index is 0.00000162. The fraction of sp³-hybridized carbons (Fsp3) is 0.500. The quantitative estimate of drug-likeness (QED) is 0.476. The fourth-order valence-electron chi connectivity index (χ4n) is 1.82. The van der Waals surface area contributed by atoms with E-state index < -0.39 is 5.69 Å². The maximum absolute atomic E-state index is 11.7. The maximum Gasteiger partial charge on any atom is 0.443 e. The SMILES string of the molecule is Cc1c2c(ncn2CCCCl)[n+]([O-])c(=O)n1C.Cl. The van der Waals surface area contributed by atoms with Crippen LogP contribution in [0, 0.1) is 12.1 Å². The van der Waals surface area contributed by atoms with E-state index in [1.165, 1.54) is 4.57 Å². The number of hydrogen-bond donors (Lipinski definition) is 0. The Morgan fingerprint density at radius 3 is 2.83 bits per heavy atom. The average Bonchev–Trinajstić information content (AvgIpc) is 2.75. The second-order valence-electron chi connectivity index (χ2n) is 3.87. The molecule has 100 valence electrons.